The van der Waals surface area contributed by atoms with Gasteiger partial charge in [0.2, 0.25) is 0 Å². The SMILES string of the molecule is C#CCN(C)C[C@H]1CN2CC[C@@H]1C[C@H]2CNC(=O)Nc1ccc(C(C)=O)cc1. The molecule has 6 heteroatoms. The molecule has 0 spiro atoms. The van der Waals surface area contributed by atoms with Crippen LogP contribution in [0, 0.1) is 24.2 Å². The first kappa shape index (κ1) is 20.4. The van der Waals surface area contributed by atoms with Gasteiger partial charge in [0.25, 0.3) is 0 Å². The summed E-state index contributed by atoms with van der Waals surface area (Å²) in [5, 5.41) is 5.84. The molecule has 2 amide bonds. The summed E-state index contributed by atoms with van der Waals surface area (Å²) >= 11 is 0. The summed E-state index contributed by atoms with van der Waals surface area (Å²) in [4.78, 5) is 28.3. The second-order valence-corrected chi connectivity index (χ2v) is 8.06. The van der Waals surface area contributed by atoms with E-state index in [9.17, 15) is 9.59 Å². The molecule has 28 heavy (non-hydrogen) atoms. The van der Waals surface area contributed by atoms with Crippen LogP contribution < -0.4 is 10.6 Å². The normalized spacial score (nSPS) is 25.9. The number of hydrogen-bond donors (Lipinski definition) is 2. The molecule has 0 saturated carbocycles. The zero-order valence-electron chi connectivity index (χ0n) is 16.8. The first-order chi connectivity index (χ1) is 13.5. The van der Waals surface area contributed by atoms with Crippen molar-refractivity contribution >= 4 is 17.5 Å². The van der Waals surface area contributed by atoms with Crippen molar-refractivity contribution < 1.29 is 9.59 Å². The fourth-order valence-electron chi connectivity index (χ4n) is 4.46. The highest BCUT2D eigenvalue weighted by Crippen LogP contribution is 2.36. The number of urea groups is 1. The molecule has 6 nitrogen and oxygen atoms in total. The van der Waals surface area contributed by atoms with E-state index in [4.69, 9.17) is 6.42 Å². The van der Waals surface area contributed by atoms with Gasteiger partial charge in [0, 0.05) is 36.9 Å². The number of fused-ring (bicyclic) bond motifs is 3. The standard InChI is InChI=1S/C22H30N4O2/c1-4-10-25(3)14-19-15-26-11-9-18(19)12-21(26)13-23-22(28)24-20-7-5-17(6-8-20)16(2)27/h1,5-8,18-19,21H,9-15H2,2-3H3,(H2,23,24,28)/t18-,19+,21+/m1/s1. The fourth-order valence-corrected chi connectivity index (χ4v) is 4.46. The minimum Gasteiger partial charge on any atom is -0.336 e. The first-order valence-corrected chi connectivity index (χ1v) is 9.98. The lowest BCUT2D eigenvalue weighted by Crippen LogP contribution is -2.58. The second-order valence-electron chi connectivity index (χ2n) is 8.06. The van der Waals surface area contributed by atoms with Gasteiger partial charge < -0.3 is 10.6 Å². The Hall–Kier alpha value is -2.36. The van der Waals surface area contributed by atoms with Crippen LogP contribution in [0.1, 0.15) is 30.1 Å². The number of piperidine rings is 3. The molecular weight excluding hydrogens is 352 g/mol. The average molecular weight is 383 g/mol. The van der Waals surface area contributed by atoms with Crippen LogP contribution in [-0.4, -0.2) is 67.4 Å². The van der Waals surface area contributed by atoms with E-state index in [0.717, 1.165) is 26.1 Å². The highest BCUT2D eigenvalue weighted by molar-refractivity contribution is 5.95. The molecule has 3 aliphatic heterocycles. The average Bonchev–Trinajstić information content (AvgIpc) is 2.68. The molecule has 3 saturated heterocycles. The van der Waals surface area contributed by atoms with Crippen molar-refractivity contribution in [2.75, 3.05) is 45.1 Å². The molecule has 3 aliphatic rings. The Labute approximate surface area is 167 Å². The summed E-state index contributed by atoms with van der Waals surface area (Å²) in [5.74, 6) is 4.10. The monoisotopic (exact) mass is 382 g/mol. The number of amides is 2. The van der Waals surface area contributed by atoms with E-state index in [1.54, 1.807) is 24.3 Å². The third kappa shape index (κ3) is 5.12. The van der Waals surface area contributed by atoms with Crippen molar-refractivity contribution in [3.63, 3.8) is 0 Å². The van der Waals surface area contributed by atoms with Crippen LogP contribution in [0.15, 0.2) is 24.3 Å². The molecule has 0 aromatic heterocycles. The Kier molecular flexibility index (Phi) is 6.71. The van der Waals surface area contributed by atoms with Crippen LogP contribution in [-0.2, 0) is 0 Å². The number of hydrogen-bond acceptors (Lipinski definition) is 4. The molecule has 1 unspecified atom stereocenters. The second kappa shape index (κ2) is 9.22. The Morgan fingerprint density at radius 1 is 1.32 bits per heavy atom. The number of terminal acetylenes is 1. The van der Waals surface area contributed by atoms with Gasteiger partial charge in [0.1, 0.15) is 0 Å². The molecule has 150 valence electrons. The van der Waals surface area contributed by atoms with Gasteiger partial charge in [-0.25, -0.2) is 4.79 Å². The quantitative estimate of drug-likeness (QED) is 0.561. The predicted octanol–water partition coefficient (Wildman–Crippen LogP) is 2.29. The molecule has 1 aromatic rings. The Morgan fingerprint density at radius 2 is 2.07 bits per heavy atom. The third-order valence-corrected chi connectivity index (χ3v) is 5.97. The number of Topliss-reactive ketones (excluding diaryl/α,β-unsaturated/α-hetero) is 1. The Bertz CT molecular complexity index is 740. The molecule has 3 fully saturated rings. The van der Waals surface area contributed by atoms with Crippen molar-refractivity contribution in [2.45, 2.75) is 25.8 Å². The minimum absolute atomic E-state index is 0.0150. The molecule has 1 aromatic carbocycles. The van der Waals surface area contributed by atoms with Crippen LogP contribution in [0.4, 0.5) is 10.5 Å². The first-order valence-electron chi connectivity index (χ1n) is 9.98. The van der Waals surface area contributed by atoms with E-state index in [1.807, 2.05) is 0 Å². The third-order valence-electron chi connectivity index (χ3n) is 5.97. The molecular formula is C22H30N4O2. The lowest BCUT2D eigenvalue weighted by atomic mass is 9.75. The summed E-state index contributed by atoms with van der Waals surface area (Å²) in [6.45, 7) is 6.12. The summed E-state index contributed by atoms with van der Waals surface area (Å²) in [6, 6.07) is 7.14. The zero-order chi connectivity index (χ0) is 20.1. The van der Waals surface area contributed by atoms with Gasteiger partial charge in [-0.15, -0.1) is 6.42 Å². The smallest absolute Gasteiger partial charge is 0.319 e. The van der Waals surface area contributed by atoms with Crippen LogP contribution >= 0.6 is 0 Å². The van der Waals surface area contributed by atoms with E-state index in [1.165, 1.54) is 13.3 Å². The number of carbonyl (C=O) groups excluding carboxylic acids is 2. The van der Waals surface area contributed by atoms with Gasteiger partial charge in [-0.05, 0) is 69.5 Å². The number of anilines is 1. The summed E-state index contributed by atoms with van der Waals surface area (Å²) < 4.78 is 0. The van der Waals surface area contributed by atoms with Crippen LogP contribution in [0.25, 0.3) is 0 Å². The number of rotatable bonds is 7. The molecule has 0 aliphatic carbocycles. The van der Waals surface area contributed by atoms with E-state index in [-0.39, 0.29) is 11.8 Å². The predicted molar refractivity (Wildman–Crippen MR) is 111 cm³/mol. The minimum atomic E-state index is -0.205. The lowest BCUT2D eigenvalue weighted by molar-refractivity contribution is -0.00692. The van der Waals surface area contributed by atoms with Crippen molar-refractivity contribution in [3.8, 4) is 12.3 Å². The van der Waals surface area contributed by atoms with Gasteiger partial charge in [-0.1, -0.05) is 5.92 Å². The largest absolute Gasteiger partial charge is 0.336 e. The molecule has 4 rings (SSSR count). The highest BCUT2D eigenvalue weighted by atomic mass is 16.2. The van der Waals surface area contributed by atoms with Crippen molar-refractivity contribution in [1.82, 2.24) is 15.1 Å². The number of benzene rings is 1. The zero-order valence-corrected chi connectivity index (χ0v) is 16.8. The summed E-state index contributed by atoms with van der Waals surface area (Å²) in [7, 11) is 2.09. The van der Waals surface area contributed by atoms with E-state index in [2.05, 4.69) is 33.4 Å². The van der Waals surface area contributed by atoms with E-state index < -0.39 is 0 Å². The van der Waals surface area contributed by atoms with Crippen LogP contribution in [0.3, 0.4) is 0 Å². The van der Waals surface area contributed by atoms with Crippen molar-refractivity contribution in [1.29, 1.82) is 0 Å². The van der Waals surface area contributed by atoms with Gasteiger partial charge in [-0.3, -0.25) is 14.6 Å². The lowest BCUT2D eigenvalue weighted by Gasteiger charge is -2.50. The number of nitrogens with one attached hydrogen (secondary N) is 2. The van der Waals surface area contributed by atoms with Crippen LogP contribution in [0.5, 0.6) is 0 Å². The van der Waals surface area contributed by atoms with Gasteiger partial charge in [-0.2, -0.15) is 0 Å². The van der Waals surface area contributed by atoms with Crippen LogP contribution in [0.2, 0.25) is 0 Å². The molecule has 4 atom stereocenters. The summed E-state index contributed by atoms with van der Waals surface area (Å²) in [6.07, 6.45) is 7.78. The molecule has 0 radical (unpaired) electrons. The number of nitrogens with zero attached hydrogens (tertiary/aromatic N) is 2. The van der Waals surface area contributed by atoms with E-state index in [0.29, 0.717) is 42.2 Å². The number of ketones is 1. The van der Waals surface area contributed by atoms with E-state index >= 15 is 0 Å². The van der Waals surface area contributed by atoms with Gasteiger partial charge in [0.05, 0.1) is 6.54 Å². The topological polar surface area (TPSA) is 64.7 Å². The summed E-state index contributed by atoms with van der Waals surface area (Å²) in [5.41, 5.74) is 1.32. The maximum absolute atomic E-state index is 12.2. The molecule has 2 bridgehead atoms. The molecule has 3 heterocycles. The van der Waals surface area contributed by atoms with Crippen molar-refractivity contribution in [2.24, 2.45) is 11.8 Å². The fraction of sp³-hybridized carbons (Fsp3) is 0.545. The molecule has 2 N–H and O–H groups in total. The number of carbonyl (C=O) groups is 2. The Morgan fingerprint density at radius 3 is 2.68 bits per heavy atom. The Balaban J connectivity index is 1.45. The van der Waals surface area contributed by atoms with Gasteiger partial charge in [0.15, 0.2) is 5.78 Å². The highest BCUT2D eigenvalue weighted by Gasteiger charge is 2.40. The maximum Gasteiger partial charge on any atom is 0.319 e. The van der Waals surface area contributed by atoms with Crippen molar-refractivity contribution in [3.05, 3.63) is 29.8 Å². The van der Waals surface area contributed by atoms with Gasteiger partial charge >= 0.3 is 6.03 Å². The maximum atomic E-state index is 12.2.